The lowest BCUT2D eigenvalue weighted by Crippen LogP contribution is -2.16. The van der Waals surface area contributed by atoms with Gasteiger partial charge in [0, 0.05) is 13.2 Å². The van der Waals surface area contributed by atoms with Gasteiger partial charge >= 0.3 is 0 Å². The Bertz CT molecular complexity index is 147. The van der Waals surface area contributed by atoms with Crippen molar-refractivity contribution in [3.63, 3.8) is 0 Å². The summed E-state index contributed by atoms with van der Waals surface area (Å²) >= 11 is 0. The third-order valence-electron chi connectivity index (χ3n) is 3.51. The van der Waals surface area contributed by atoms with Gasteiger partial charge in [0.25, 0.3) is 0 Å². The van der Waals surface area contributed by atoms with E-state index in [0.717, 1.165) is 33.0 Å². The van der Waals surface area contributed by atoms with Gasteiger partial charge in [0.15, 0.2) is 0 Å². The molecule has 0 aromatic rings. The van der Waals surface area contributed by atoms with Crippen LogP contribution in [0.4, 0.5) is 0 Å². The fraction of sp³-hybridized carbons (Fsp3) is 1.00. The van der Waals surface area contributed by atoms with E-state index in [-0.39, 0.29) is 0 Å². The second kappa shape index (κ2) is 18.9. The molecule has 1 N–H and O–H groups in total. The zero-order valence-corrected chi connectivity index (χ0v) is 13.9. The van der Waals surface area contributed by atoms with Gasteiger partial charge in [0.2, 0.25) is 0 Å². The molecule has 3 heteroatoms. The topological polar surface area (TPSA) is 30.5 Å². The minimum absolute atomic E-state index is 0.722. The van der Waals surface area contributed by atoms with Crippen molar-refractivity contribution in [2.75, 3.05) is 40.0 Å². The second-order valence-corrected chi connectivity index (χ2v) is 5.51. The molecule has 0 unspecified atom stereocenters. The van der Waals surface area contributed by atoms with Gasteiger partial charge in [-0.25, -0.2) is 0 Å². The molecule has 0 aliphatic rings. The number of unbranched alkanes of at least 4 members (excludes halogenated alkanes) is 9. The van der Waals surface area contributed by atoms with Crippen molar-refractivity contribution in [1.82, 2.24) is 5.32 Å². The molecule has 20 heavy (non-hydrogen) atoms. The Morgan fingerprint density at radius 2 is 1.10 bits per heavy atom. The highest BCUT2D eigenvalue weighted by atomic mass is 16.5. The van der Waals surface area contributed by atoms with Gasteiger partial charge in [-0.2, -0.15) is 0 Å². The SMILES string of the molecule is CCCCCCCCCCCCOCCOCCNC. The van der Waals surface area contributed by atoms with Crippen LogP contribution in [0, 0.1) is 0 Å². The van der Waals surface area contributed by atoms with Crippen molar-refractivity contribution < 1.29 is 9.47 Å². The number of ether oxygens (including phenoxy) is 2. The first-order chi connectivity index (χ1) is 9.91. The van der Waals surface area contributed by atoms with Gasteiger partial charge in [-0.1, -0.05) is 64.7 Å². The summed E-state index contributed by atoms with van der Waals surface area (Å²) in [5.41, 5.74) is 0. The summed E-state index contributed by atoms with van der Waals surface area (Å²) in [5.74, 6) is 0. The molecule has 0 fully saturated rings. The molecule has 0 aromatic carbocycles. The lowest BCUT2D eigenvalue weighted by Gasteiger charge is -2.06. The van der Waals surface area contributed by atoms with Gasteiger partial charge in [0.1, 0.15) is 0 Å². The minimum atomic E-state index is 0.722. The van der Waals surface area contributed by atoms with E-state index in [0.29, 0.717) is 0 Å². The van der Waals surface area contributed by atoms with E-state index >= 15 is 0 Å². The van der Waals surface area contributed by atoms with Crippen molar-refractivity contribution in [3.8, 4) is 0 Å². The average Bonchev–Trinajstić information content (AvgIpc) is 2.47. The molecule has 0 aliphatic carbocycles. The maximum atomic E-state index is 5.54. The molecule has 0 amide bonds. The van der Waals surface area contributed by atoms with Crippen molar-refractivity contribution in [1.29, 1.82) is 0 Å². The lowest BCUT2D eigenvalue weighted by molar-refractivity contribution is 0.0477. The summed E-state index contributed by atoms with van der Waals surface area (Å²) in [7, 11) is 1.94. The molecule has 0 atom stereocenters. The van der Waals surface area contributed by atoms with Crippen LogP contribution in [0.5, 0.6) is 0 Å². The van der Waals surface area contributed by atoms with Crippen LogP contribution in [0.2, 0.25) is 0 Å². The zero-order valence-electron chi connectivity index (χ0n) is 13.9. The first-order valence-electron chi connectivity index (χ1n) is 8.72. The van der Waals surface area contributed by atoms with Crippen LogP contribution in [0.1, 0.15) is 71.1 Å². The van der Waals surface area contributed by atoms with E-state index in [4.69, 9.17) is 9.47 Å². The smallest absolute Gasteiger partial charge is 0.0701 e. The Morgan fingerprint density at radius 3 is 1.65 bits per heavy atom. The maximum Gasteiger partial charge on any atom is 0.0701 e. The van der Waals surface area contributed by atoms with Gasteiger partial charge in [-0.15, -0.1) is 0 Å². The van der Waals surface area contributed by atoms with Crippen LogP contribution >= 0.6 is 0 Å². The highest BCUT2D eigenvalue weighted by Crippen LogP contribution is 2.10. The Hall–Kier alpha value is -0.120. The highest BCUT2D eigenvalue weighted by Gasteiger charge is 1.93. The average molecular weight is 287 g/mol. The van der Waals surface area contributed by atoms with Crippen LogP contribution in [-0.4, -0.2) is 40.0 Å². The van der Waals surface area contributed by atoms with Crippen LogP contribution < -0.4 is 5.32 Å². The molecule has 0 spiro atoms. The van der Waals surface area contributed by atoms with Crippen molar-refractivity contribution in [2.24, 2.45) is 0 Å². The Labute approximate surface area is 126 Å². The summed E-state index contributed by atoms with van der Waals surface area (Å²) in [4.78, 5) is 0. The van der Waals surface area contributed by atoms with Gasteiger partial charge in [-0.05, 0) is 13.5 Å². The van der Waals surface area contributed by atoms with E-state index < -0.39 is 0 Å². The fourth-order valence-electron chi connectivity index (χ4n) is 2.19. The monoisotopic (exact) mass is 287 g/mol. The lowest BCUT2D eigenvalue weighted by atomic mass is 10.1. The fourth-order valence-corrected chi connectivity index (χ4v) is 2.19. The molecule has 0 saturated carbocycles. The largest absolute Gasteiger partial charge is 0.379 e. The van der Waals surface area contributed by atoms with E-state index in [1.165, 1.54) is 64.2 Å². The molecule has 0 saturated heterocycles. The molecule has 122 valence electrons. The van der Waals surface area contributed by atoms with Crippen molar-refractivity contribution in [3.05, 3.63) is 0 Å². The van der Waals surface area contributed by atoms with E-state index in [9.17, 15) is 0 Å². The van der Waals surface area contributed by atoms with E-state index in [1.807, 2.05) is 7.05 Å². The summed E-state index contributed by atoms with van der Waals surface area (Å²) in [6.07, 6.45) is 13.8. The van der Waals surface area contributed by atoms with Crippen LogP contribution in [-0.2, 0) is 9.47 Å². The van der Waals surface area contributed by atoms with E-state index in [1.54, 1.807) is 0 Å². The predicted octanol–water partition coefficient (Wildman–Crippen LogP) is 4.16. The molecule has 0 heterocycles. The first kappa shape index (κ1) is 19.9. The third kappa shape index (κ3) is 17.9. The molecular weight excluding hydrogens is 250 g/mol. The molecule has 0 rings (SSSR count). The van der Waals surface area contributed by atoms with Crippen molar-refractivity contribution >= 4 is 0 Å². The number of likely N-dealkylation sites (N-methyl/N-ethyl adjacent to an activating group) is 1. The first-order valence-corrected chi connectivity index (χ1v) is 8.72. The Balaban J connectivity index is 2.89. The predicted molar refractivity (Wildman–Crippen MR) is 87.4 cm³/mol. The van der Waals surface area contributed by atoms with Gasteiger partial charge in [-0.3, -0.25) is 0 Å². The van der Waals surface area contributed by atoms with Crippen molar-refractivity contribution in [2.45, 2.75) is 71.1 Å². The normalized spacial score (nSPS) is 11.1. The van der Waals surface area contributed by atoms with Crippen LogP contribution in [0.15, 0.2) is 0 Å². The molecule has 0 bridgehead atoms. The van der Waals surface area contributed by atoms with Gasteiger partial charge in [0.05, 0.1) is 19.8 Å². The summed E-state index contributed by atoms with van der Waals surface area (Å²) < 4.78 is 10.9. The Morgan fingerprint density at radius 1 is 0.600 bits per heavy atom. The number of rotatable bonds is 17. The summed E-state index contributed by atoms with van der Waals surface area (Å²) in [6.45, 7) is 6.32. The summed E-state index contributed by atoms with van der Waals surface area (Å²) in [5, 5.41) is 3.05. The molecule has 0 aromatic heterocycles. The molecule has 0 aliphatic heterocycles. The quantitative estimate of drug-likeness (QED) is 0.407. The van der Waals surface area contributed by atoms with Crippen LogP contribution in [0.3, 0.4) is 0 Å². The second-order valence-electron chi connectivity index (χ2n) is 5.51. The number of hydrogen-bond donors (Lipinski definition) is 1. The standard InChI is InChI=1S/C17H37NO2/c1-3-4-5-6-7-8-9-10-11-12-14-19-16-17-20-15-13-18-2/h18H,3-17H2,1-2H3. The van der Waals surface area contributed by atoms with Gasteiger partial charge < -0.3 is 14.8 Å². The molecular formula is C17H37NO2. The Kier molecular flexibility index (Phi) is 18.8. The van der Waals surface area contributed by atoms with Crippen LogP contribution in [0.25, 0.3) is 0 Å². The number of nitrogens with one attached hydrogen (secondary N) is 1. The zero-order chi connectivity index (χ0) is 14.7. The molecule has 0 radical (unpaired) electrons. The maximum absolute atomic E-state index is 5.54. The number of hydrogen-bond acceptors (Lipinski definition) is 3. The molecule has 3 nitrogen and oxygen atoms in total. The summed E-state index contributed by atoms with van der Waals surface area (Å²) in [6, 6.07) is 0. The minimum Gasteiger partial charge on any atom is -0.379 e. The highest BCUT2D eigenvalue weighted by molar-refractivity contribution is 4.47. The van der Waals surface area contributed by atoms with E-state index in [2.05, 4.69) is 12.2 Å². The third-order valence-corrected chi connectivity index (χ3v) is 3.51.